The van der Waals surface area contributed by atoms with Gasteiger partial charge in [-0.3, -0.25) is 0 Å². The molecule has 0 aliphatic rings. The summed E-state index contributed by atoms with van der Waals surface area (Å²) in [5, 5.41) is 16.3. The van der Waals surface area contributed by atoms with E-state index >= 15 is 0 Å². The van der Waals surface area contributed by atoms with Crippen molar-refractivity contribution in [1.82, 2.24) is 5.32 Å². The highest BCUT2D eigenvalue weighted by atomic mass is 35.5. The number of carbonyl (C=O) groups is 1. The molecule has 0 heterocycles. The summed E-state index contributed by atoms with van der Waals surface area (Å²) < 4.78 is 5.18. The SMILES string of the molecule is CC(C)(C)OC(=O)NCCNc1ccc(C#N)c(-c2ccc(Cl)cc2Cl)c1. The molecule has 27 heavy (non-hydrogen) atoms. The van der Waals surface area contributed by atoms with E-state index in [1.165, 1.54) is 0 Å². The average Bonchev–Trinajstić information content (AvgIpc) is 2.57. The highest BCUT2D eigenvalue weighted by molar-refractivity contribution is 6.36. The van der Waals surface area contributed by atoms with Crippen LogP contribution in [0.15, 0.2) is 36.4 Å². The Morgan fingerprint density at radius 2 is 1.85 bits per heavy atom. The van der Waals surface area contributed by atoms with Gasteiger partial charge in [0.15, 0.2) is 0 Å². The fraction of sp³-hybridized carbons (Fsp3) is 0.300. The van der Waals surface area contributed by atoms with Gasteiger partial charge in [0.2, 0.25) is 0 Å². The first-order valence-electron chi connectivity index (χ1n) is 8.40. The predicted octanol–water partition coefficient (Wildman–Crippen LogP) is 5.47. The first-order chi connectivity index (χ1) is 12.7. The van der Waals surface area contributed by atoms with Crippen LogP contribution in [0.25, 0.3) is 11.1 Å². The third-order valence-electron chi connectivity index (χ3n) is 3.48. The maximum Gasteiger partial charge on any atom is 0.407 e. The molecule has 2 aromatic carbocycles. The number of nitrogens with one attached hydrogen (secondary N) is 2. The molecule has 5 nitrogen and oxygen atoms in total. The third kappa shape index (κ3) is 6.35. The fourth-order valence-electron chi connectivity index (χ4n) is 2.37. The lowest BCUT2D eigenvalue weighted by Gasteiger charge is -2.19. The summed E-state index contributed by atoms with van der Waals surface area (Å²) in [7, 11) is 0. The number of hydrogen-bond acceptors (Lipinski definition) is 4. The Hall–Kier alpha value is -2.42. The van der Waals surface area contributed by atoms with Crippen molar-refractivity contribution in [3.8, 4) is 17.2 Å². The first kappa shape index (κ1) is 20.9. The minimum absolute atomic E-state index is 0.395. The van der Waals surface area contributed by atoms with Gasteiger partial charge in [-0.1, -0.05) is 29.3 Å². The van der Waals surface area contributed by atoms with Gasteiger partial charge in [0.25, 0.3) is 0 Å². The van der Waals surface area contributed by atoms with Gasteiger partial charge in [-0.25, -0.2) is 4.79 Å². The predicted molar refractivity (Wildman–Crippen MR) is 109 cm³/mol. The second-order valence-corrected chi connectivity index (χ2v) is 7.70. The molecule has 0 aliphatic carbocycles. The molecule has 0 saturated heterocycles. The molecule has 0 aliphatic heterocycles. The van der Waals surface area contributed by atoms with Crippen LogP contribution < -0.4 is 10.6 Å². The second-order valence-electron chi connectivity index (χ2n) is 6.85. The molecule has 1 amide bonds. The van der Waals surface area contributed by atoms with Crippen molar-refractivity contribution in [2.24, 2.45) is 0 Å². The fourth-order valence-corrected chi connectivity index (χ4v) is 2.88. The summed E-state index contributed by atoms with van der Waals surface area (Å²) in [6, 6.07) is 12.7. The van der Waals surface area contributed by atoms with Crippen LogP contribution in [0.3, 0.4) is 0 Å². The van der Waals surface area contributed by atoms with Crippen molar-refractivity contribution < 1.29 is 9.53 Å². The van der Waals surface area contributed by atoms with Gasteiger partial charge >= 0.3 is 6.09 Å². The highest BCUT2D eigenvalue weighted by Crippen LogP contribution is 2.33. The van der Waals surface area contributed by atoms with Gasteiger partial charge in [-0.15, -0.1) is 0 Å². The quantitative estimate of drug-likeness (QED) is 0.646. The van der Waals surface area contributed by atoms with Crippen LogP contribution >= 0.6 is 23.2 Å². The molecule has 7 heteroatoms. The molecule has 0 spiro atoms. The average molecular weight is 406 g/mol. The second kappa shape index (κ2) is 8.98. The summed E-state index contributed by atoms with van der Waals surface area (Å²) in [6.45, 7) is 6.33. The summed E-state index contributed by atoms with van der Waals surface area (Å²) in [5.74, 6) is 0. The van der Waals surface area contributed by atoms with Crippen molar-refractivity contribution in [2.45, 2.75) is 26.4 Å². The number of anilines is 1. The van der Waals surface area contributed by atoms with Crippen LogP contribution in [-0.2, 0) is 4.74 Å². The van der Waals surface area contributed by atoms with Gasteiger partial charge in [-0.05, 0) is 51.1 Å². The van der Waals surface area contributed by atoms with Crippen LogP contribution in [-0.4, -0.2) is 24.8 Å². The molecule has 0 unspecified atom stereocenters. The molecule has 0 saturated carbocycles. The lowest BCUT2D eigenvalue weighted by Crippen LogP contribution is -2.34. The summed E-state index contributed by atoms with van der Waals surface area (Å²) in [6.07, 6.45) is -0.460. The standard InChI is InChI=1S/C20H21Cl2N3O2/c1-20(2,3)27-19(26)25-9-8-24-15-6-4-13(12-23)17(11-15)16-7-5-14(21)10-18(16)22/h4-7,10-11,24H,8-9H2,1-3H3,(H,25,26). The van der Waals surface area contributed by atoms with Crippen molar-refractivity contribution in [3.63, 3.8) is 0 Å². The number of carbonyl (C=O) groups excluding carboxylic acids is 1. The molecule has 2 N–H and O–H groups in total. The van der Waals surface area contributed by atoms with Gasteiger partial charge in [0, 0.05) is 39.9 Å². The zero-order valence-corrected chi connectivity index (χ0v) is 16.9. The zero-order chi connectivity index (χ0) is 20.0. The number of nitrogens with zero attached hydrogens (tertiary/aromatic N) is 1. The third-order valence-corrected chi connectivity index (χ3v) is 4.03. The Morgan fingerprint density at radius 3 is 2.48 bits per heavy atom. The highest BCUT2D eigenvalue weighted by Gasteiger charge is 2.15. The molecule has 0 atom stereocenters. The molecule has 0 aromatic heterocycles. The minimum Gasteiger partial charge on any atom is -0.444 e. The van der Waals surface area contributed by atoms with E-state index in [2.05, 4.69) is 16.7 Å². The van der Waals surface area contributed by atoms with Crippen LogP contribution in [0.2, 0.25) is 10.0 Å². The Labute approximate surface area is 169 Å². The number of amides is 1. The summed E-state index contributed by atoms with van der Waals surface area (Å²) in [4.78, 5) is 11.6. The molecule has 142 valence electrons. The minimum atomic E-state index is -0.530. The number of rotatable bonds is 5. The maximum atomic E-state index is 11.6. The van der Waals surface area contributed by atoms with E-state index < -0.39 is 11.7 Å². The lowest BCUT2D eigenvalue weighted by atomic mass is 9.99. The monoisotopic (exact) mass is 405 g/mol. The summed E-state index contributed by atoms with van der Waals surface area (Å²) in [5.41, 5.74) is 2.23. The largest absolute Gasteiger partial charge is 0.444 e. The number of halogens is 2. The van der Waals surface area contributed by atoms with Crippen LogP contribution in [0.1, 0.15) is 26.3 Å². The number of ether oxygens (including phenoxy) is 1. The van der Waals surface area contributed by atoms with Crippen molar-refractivity contribution in [1.29, 1.82) is 5.26 Å². The van der Waals surface area contributed by atoms with Gasteiger partial charge in [-0.2, -0.15) is 5.26 Å². The van der Waals surface area contributed by atoms with Gasteiger partial charge < -0.3 is 15.4 Å². The smallest absolute Gasteiger partial charge is 0.407 e. The van der Waals surface area contributed by atoms with Crippen LogP contribution in [0.4, 0.5) is 10.5 Å². The molecule has 0 radical (unpaired) electrons. The van der Waals surface area contributed by atoms with Crippen molar-refractivity contribution >= 4 is 35.0 Å². The molecule has 2 aromatic rings. The van der Waals surface area contributed by atoms with Crippen LogP contribution in [0, 0.1) is 11.3 Å². The molecular formula is C20H21Cl2N3O2. The number of nitriles is 1. The van der Waals surface area contributed by atoms with E-state index in [0.717, 1.165) is 11.3 Å². The van der Waals surface area contributed by atoms with Crippen molar-refractivity contribution in [2.75, 3.05) is 18.4 Å². The molecular weight excluding hydrogens is 385 g/mol. The zero-order valence-electron chi connectivity index (χ0n) is 15.4. The van der Waals surface area contributed by atoms with E-state index in [0.29, 0.717) is 34.3 Å². The van der Waals surface area contributed by atoms with Gasteiger partial charge in [0.05, 0.1) is 11.6 Å². The Kier molecular flexibility index (Phi) is 6.95. The van der Waals surface area contributed by atoms with E-state index in [4.69, 9.17) is 27.9 Å². The van der Waals surface area contributed by atoms with Crippen LogP contribution in [0.5, 0.6) is 0 Å². The van der Waals surface area contributed by atoms with E-state index in [1.807, 2.05) is 26.8 Å². The normalized spacial score (nSPS) is 10.8. The van der Waals surface area contributed by atoms with E-state index in [-0.39, 0.29) is 0 Å². The Bertz CT molecular complexity index is 871. The Balaban J connectivity index is 2.05. The molecule has 0 fully saturated rings. The van der Waals surface area contributed by atoms with E-state index in [9.17, 15) is 10.1 Å². The number of alkyl carbamates (subject to hydrolysis) is 1. The van der Waals surface area contributed by atoms with E-state index in [1.54, 1.807) is 30.3 Å². The maximum absolute atomic E-state index is 11.6. The topological polar surface area (TPSA) is 74.2 Å². The number of benzene rings is 2. The van der Waals surface area contributed by atoms with Gasteiger partial charge in [0.1, 0.15) is 5.60 Å². The lowest BCUT2D eigenvalue weighted by molar-refractivity contribution is 0.0530. The summed E-state index contributed by atoms with van der Waals surface area (Å²) >= 11 is 12.2. The Morgan fingerprint density at radius 1 is 1.11 bits per heavy atom. The molecule has 2 rings (SSSR count). The first-order valence-corrected chi connectivity index (χ1v) is 9.15. The molecule has 0 bridgehead atoms. The number of hydrogen-bond donors (Lipinski definition) is 2. The van der Waals surface area contributed by atoms with Crippen molar-refractivity contribution in [3.05, 3.63) is 52.0 Å².